The summed E-state index contributed by atoms with van der Waals surface area (Å²) in [4.78, 5) is 32.0. The van der Waals surface area contributed by atoms with Gasteiger partial charge in [0.15, 0.2) is 0 Å². The molecule has 3 fully saturated rings. The predicted molar refractivity (Wildman–Crippen MR) is 113 cm³/mol. The van der Waals surface area contributed by atoms with Gasteiger partial charge >= 0.3 is 0 Å². The van der Waals surface area contributed by atoms with E-state index < -0.39 is 17.5 Å². The summed E-state index contributed by atoms with van der Waals surface area (Å²) < 4.78 is 27.2. The van der Waals surface area contributed by atoms with Gasteiger partial charge in [0, 0.05) is 56.8 Å². The maximum absolute atomic E-state index is 14.0. The van der Waals surface area contributed by atoms with Gasteiger partial charge in [0.25, 0.3) is 5.91 Å². The van der Waals surface area contributed by atoms with Crippen molar-refractivity contribution in [2.75, 3.05) is 50.8 Å². The van der Waals surface area contributed by atoms with Crippen molar-refractivity contribution >= 4 is 23.6 Å². The average Bonchev–Trinajstić information content (AvgIpc) is 3.29. The molecule has 2 saturated heterocycles. The lowest BCUT2D eigenvalue weighted by Gasteiger charge is -2.43. The monoisotopic (exact) mass is 437 g/mol. The largest absolute Gasteiger partial charge is 0.340 e. The Morgan fingerprint density at radius 1 is 0.933 bits per heavy atom. The molecule has 2 aliphatic heterocycles. The van der Waals surface area contributed by atoms with Crippen molar-refractivity contribution in [3.63, 3.8) is 0 Å². The predicted octanol–water partition coefficient (Wildman–Crippen LogP) is 2.86. The van der Waals surface area contributed by atoms with Crippen LogP contribution >= 0.6 is 11.8 Å². The molecule has 1 aliphatic carbocycles. The normalized spacial score (nSPS) is 22.3. The third kappa shape index (κ3) is 4.64. The summed E-state index contributed by atoms with van der Waals surface area (Å²) in [6, 6.07) is 2.95. The molecule has 1 aromatic rings. The fourth-order valence-electron chi connectivity index (χ4n) is 4.94. The number of rotatable bonds is 4. The summed E-state index contributed by atoms with van der Waals surface area (Å²) in [6.07, 6.45) is 4.51. The molecule has 2 heterocycles. The summed E-state index contributed by atoms with van der Waals surface area (Å²) in [7, 11) is 0. The van der Waals surface area contributed by atoms with Crippen molar-refractivity contribution in [1.82, 2.24) is 14.7 Å². The van der Waals surface area contributed by atoms with Crippen LogP contribution in [0.4, 0.5) is 8.78 Å². The van der Waals surface area contributed by atoms with Crippen molar-refractivity contribution in [3.8, 4) is 0 Å². The molecule has 1 atom stereocenters. The number of hydrogen-bond donors (Lipinski definition) is 0. The number of carbonyl (C=O) groups excluding carboxylic acids is 2. The smallest absolute Gasteiger partial charge is 0.256 e. The number of piperazine rings is 1. The first-order valence-electron chi connectivity index (χ1n) is 10.9. The van der Waals surface area contributed by atoms with Crippen LogP contribution < -0.4 is 0 Å². The van der Waals surface area contributed by atoms with E-state index in [4.69, 9.17) is 0 Å². The lowest BCUT2D eigenvalue weighted by atomic mass is 9.94. The molecule has 0 spiro atoms. The van der Waals surface area contributed by atoms with Crippen molar-refractivity contribution in [3.05, 3.63) is 35.4 Å². The Morgan fingerprint density at radius 2 is 1.60 bits per heavy atom. The van der Waals surface area contributed by atoms with Gasteiger partial charge in [-0.3, -0.25) is 14.5 Å². The number of benzene rings is 1. The lowest BCUT2D eigenvalue weighted by molar-refractivity contribution is -0.139. The molecule has 1 aromatic carbocycles. The lowest BCUT2D eigenvalue weighted by Crippen LogP contribution is -2.59. The van der Waals surface area contributed by atoms with Gasteiger partial charge in [-0.15, -0.1) is 0 Å². The number of carbonyl (C=O) groups is 2. The third-order valence-corrected chi connectivity index (χ3v) is 7.52. The summed E-state index contributed by atoms with van der Waals surface area (Å²) in [5, 5.41) is 0. The Balaban J connectivity index is 1.43. The molecular weight excluding hydrogens is 408 g/mol. The van der Waals surface area contributed by atoms with Crippen LogP contribution in [0, 0.1) is 17.6 Å². The summed E-state index contributed by atoms with van der Waals surface area (Å²) >= 11 is 1.89. The molecule has 4 rings (SSSR count). The van der Waals surface area contributed by atoms with E-state index in [0.29, 0.717) is 32.1 Å². The molecule has 5 nitrogen and oxygen atoms in total. The van der Waals surface area contributed by atoms with Crippen LogP contribution in [0.5, 0.6) is 0 Å². The van der Waals surface area contributed by atoms with E-state index in [1.165, 1.54) is 18.9 Å². The molecule has 30 heavy (non-hydrogen) atoms. The van der Waals surface area contributed by atoms with E-state index in [0.717, 1.165) is 49.6 Å². The molecule has 0 bridgehead atoms. The van der Waals surface area contributed by atoms with Gasteiger partial charge in [-0.05, 0) is 30.9 Å². The Morgan fingerprint density at radius 3 is 2.23 bits per heavy atom. The summed E-state index contributed by atoms with van der Waals surface area (Å²) in [5.74, 6) is 0.676. The Labute approximate surface area is 180 Å². The second kappa shape index (κ2) is 9.64. The summed E-state index contributed by atoms with van der Waals surface area (Å²) in [6.45, 7) is 3.72. The minimum absolute atomic E-state index is 0.0981. The average molecular weight is 438 g/mol. The maximum Gasteiger partial charge on any atom is 0.256 e. The number of nitrogens with zero attached hydrogens (tertiary/aromatic N) is 3. The second-order valence-electron chi connectivity index (χ2n) is 8.38. The van der Waals surface area contributed by atoms with E-state index in [2.05, 4.69) is 4.90 Å². The van der Waals surface area contributed by atoms with Gasteiger partial charge in [0.05, 0.1) is 11.6 Å². The van der Waals surface area contributed by atoms with Crippen molar-refractivity contribution in [2.24, 2.45) is 5.92 Å². The van der Waals surface area contributed by atoms with E-state index >= 15 is 0 Å². The van der Waals surface area contributed by atoms with Gasteiger partial charge in [-0.25, -0.2) is 8.78 Å². The van der Waals surface area contributed by atoms with Crippen LogP contribution in [-0.4, -0.2) is 83.3 Å². The van der Waals surface area contributed by atoms with Gasteiger partial charge in [-0.1, -0.05) is 12.8 Å². The zero-order chi connectivity index (χ0) is 21.1. The maximum atomic E-state index is 14.0. The Hall–Kier alpha value is -1.67. The van der Waals surface area contributed by atoms with E-state index in [1.54, 1.807) is 4.90 Å². The zero-order valence-corrected chi connectivity index (χ0v) is 18.0. The fourth-order valence-corrected chi connectivity index (χ4v) is 5.84. The molecular formula is C22H29F2N3O2S. The fraction of sp³-hybridized carbons (Fsp3) is 0.636. The standard InChI is InChI=1S/C22H29F2N3O2S/c23-17-5-6-18(19(24)15-17)21(28)26-9-7-25(8-10-26)20(16-3-1-2-4-16)22(29)27-11-13-30-14-12-27/h5-6,15-16,20H,1-4,7-14H2. The number of amides is 2. The van der Waals surface area contributed by atoms with Gasteiger partial charge < -0.3 is 9.80 Å². The van der Waals surface area contributed by atoms with Crippen LogP contribution in [0.2, 0.25) is 0 Å². The molecule has 1 unspecified atom stereocenters. The Kier molecular flexibility index (Phi) is 6.93. The highest BCUT2D eigenvalue weighted by Crippen LogP contribution is 2.32. The van der Waals surface area contributed by atoms with Crippen molar-refractivity contribution < 1.29 is 18.4 Å². The molecule has 2 amide bonds. The molecule has 0 N–H and O–H groups in total. The van der Waals surface area contributed by atoms with Crippen molar-refractivity contribution in [2.45, 2.75) is 31.7 Å². The van der Waals surface area contributed by atoms with Gasteiger partial charge in [0.1, 0.15) is 11.6 Å². The van der Waals surface area contributed by atoms with Crippen LogP contribution in [-0.2, 0) is 4.79 Å². The van der Waals surface area contributed by atoms with E-state index in [1.807, 2.05) is 16.7 Å². The number of halogens is 2. The highest BCUT2D eigenvalue weighted by atomic mass is 32.2. The zero-order valence-electron chi connectivity index (χ0n) is 17.2. The highest BCUT2D eigenvalue weighted by Gasteiger charge is 2.39. The first-order chi connectivity index (χ1) is 14.5. The first kappa shape index (κ1) is 21.6. The van der Waals surface area contributed by atoms with Crippen LogP contribution in [0.3, 0.4) is 0 Å². The van der Waals surface area contributed by atoms with Gasteiger partial charge in [0.2, 0.25) is 5.91 Å². The van der Waals surface area contributed by atoms with Crippen molar-refractivity contribution in [1.29, 1.82) is 0 Å². The van der Waals surface area contributed by atoms with E-state index in [-0.39, 0.29) is 17.5 Å². The number of hydrogen-bond acceptors (Lipinski definition) is 4. The molecule has 0 radical (unpaired) electrons. The molecule has 8 heteroatoms. The molecule has 0 aromatic heterocycles. The van der Waals surface area contributed by atoms with Gasteiger partial charge in [-0.2, -0.15) is 11.8 Å². The van der Waals surface area contributed by atoms with Crippen LogP contribution in [0.25, 0.3) is 0 Å². The highest BCUT2D eigenvalue weighted by molar-refractivity contribution is 7.99. The number of thioether (sulfide) groups is 1. The quantitative estimate of drug-likeness (QED) is 0.727. The minimum atomic E-state index is -0.829. The minimum Gasteiger partial charge on any atom is -0.340 e. The van der Waals surface area contributed by atoms with Crippen LogP contribution in [0.1, 0.15) is 36.0 Å². The van der Waals surface area contributed by atoms with E-state index in [9.17, 15) is 18.4 Å². The second-order valence-corrected chi connectivity index (χ2v) is 9.60. The Bertz CT molecular complexity index is 774. The molecule has 1 saturated carbocycles. The third-order valence-electron chi connectivity index (χ3n) is 6.58. The van der Waals surface area contributed by atoms with Crippen LogP contribution in [0.15, 0.2) is 18.2 Å². The first-order valence-corrected chi connectivity index (χ1v) is 12.0. The molecule has 164 valence electrons. The topological polar surface area (TPSA) is 43.9 Å². The molecule has 3 aliphatic rings. The SMILES string of the molecule is O=C(c1ccc(F)cc1F)N1CCN(C(C(=O)N2CCSCC2)C2CCCC2)CC1. The summed E-state index contributed by atoms with van der Waals surface area (Å²) in [5.41, 5.74) is -0.0981.